The second-order valence-corrected chi connectivity index (χ2v) is 9.26. The fourth-order valence-corrected chi connectivity index (χ4v) is 3.63. The van der Waals surface area contributed by atoms with E-state index in [-0.39, 0.29) is 12.6 Å². The lowest BCUT2D eigenvalue weighted by atomic mass is 10.1. The lowest BCUT2D eigenvalue weighted by molar-refractivity contribution is 0.0653. The van der Waals surface area contributed by atoms with Crippen LogP contribution in [0.4, 0.5) is 0 Å². The third-order valence-electron chi connectivity index (χ3n) is 4.59. The molecule has 2 unspecified atom stereocenters. The van der Waals surface area contributed by atoms with E-state index in [4.69, 9.17) is 4.74 Å². The van der Waals surface area contributed by atoms with Gasteiger partial charge >= 0.3 is 0 Å². The normalized spacial score (nSPS) is 14.2. The minimum atomic E-state index is -3.19. The van der Waals surface area contributed by atoms with E-state index in [0.29, 0.717) is 11.4 Å². The van der Waals surface area contributed by atoms with Gasteiger partial charge < -0.3 is 9.84 Å². The summed E-state index contributed by atoms with van der Waals surface area (Å²) in [5.74, 6) is 0.763. The maximum atomic E-state index is 11.6. The molecule has 0 saturated carbocycles. The number of nitrogens with zero attached hydrogens (tertiary/aromatic N) is 1. The smallest absolute Gasteiger partial charge is 0.175 e. The van der Waals surface area contributed by atoms with Gasteiger partial charge in [-0.1, -0.05) is 18.2 Å². The number of likely N-dealkylation sites (N-methyl/N-ethyl adjacent to an activating group) is 1. The number of ether oxygens (including phenoxy) is 1. The number of aliphatic hydroxyl groups excluding tert-OH is 1. The van der Waals surface area contributed by atoms with Crippen molar-refractivity contribution in [2.45, 2.75) is 37.8 Å². The second-order valence-electron chi connectivity index (χ2n) is 7.24. The summed E-state index contributed by atoms with van der Waals surface area (Å²) in [7, 11) is -1.27. The number of aryl methyl sites for hydroxylation is 2. The van der Waals surface area contributed by atoms with Gasteiger partial charge in [-0.15, -0.1) is 0 Å². The van der Waals surface area contributed by atoms with E-state index in [2.05, 4.69) is 6.07 Å². The van der Waals surface area contributed by atoms with E-state index in [1.165, 1.54) is 6.26 Å². The molecule has 0 saturated heterocycles. The van der Waals surface area contributed by atoms with Crippen LogP contribution in [0.1, 0.15) is 29.7 Å². The molecule has 0 aliphatic rings. The molecule has 6 heteroatoms. The Morgan fingerprint density at radius 2 is 1.63 bits per heavy atom. The number of sulfone groups is 1. The van der Waals surface area contributed by atoms with Crippen LogP contribution in [-0.4, -0.2) is 51.0 Å². The molecule has 0 aliphatic carbocycles. The van der Waals surface area contributed by atoms with Crippen molar-refractivity contribution in [2.24, 2.45) is 0 Å². The molecule has 0 heterocycles. The van der Waals surface area contributed by atoms with Crippen molar-refractivity contribution in [2.75, 3.05) is 26.5 Å². The zero-order chi connectivity index (χ0) is 20.2. The van der Waals surface area contributed by atoms with E-state index in [9.17, 15) is 13.5 Å². The highest BCUT2D eigenvalue weighted by atomic mass is 32.2. The predicted molar refractivity (Wildman–Crippen MR) is 108 cm³/mol. The summed E-state index contributed by atoms with van der Waals surface area (Å²) in [6.07, 6.45) is 0.567. The molecule has 2 aromatic rings. The van der Waals surface area contributed by atoms with E-state index in [0.717, 1.165) is 22.4 Å². The van der Waals surface area contributed by atoms with Gasteiger partial charge in [0, 0.05) is 18.8 Å². The van der Waals surface area contributed by atoms with Crippen molar-refractivity contribution in [3.8, 4) is 5.75 Å². The Morgan fingerprint density at radius 3 is 2.15 bits per heavy atom. The van der Waals surface area contributed by atoms with Crippen molar-refractivity contribution in [3.63, 3.8) is 0 Å². The van der Waals surface area contributed by atoms with Crippen LogP contribution in [0.15, 0.2) is 47.4 Å². The molecule has 0 bridgehead atoms. The molecule has 2 rings (SSSR count). The third-order valence-corrected chi connectivity index (χ3v) is 5.72. The first kappa shape index (κ1) is 21.4. The minimum Gasteiger partial charge on any atom is -0.491 e. The van der Waals surface area contributed by atoms with Crippen LogP contribution >= 0.6 is 0 Å². The van der Waals surface area contributed by atoms with Crippen LogP contribution in [0.3, 0.4) is 0 Å². The van der Waals surface area contributed by atoms with Crippen LogP contribution in [0.2, 0.25) is 0 Å². The van der Waals surface area contributed by atoms with Gasteiger partial charge in [0.2, 0.25) is 0 Å². The highest BCUT2D eigenvalue weighted by molar-refractivity contribution is 7.90. The van der Waals surface area contributed by atoms with Crippen LogP contribution in [0.25, 0.3) is 0 Å². The van der Waals surface area contributed by atoms with Crippen molar-refractivity contribution in [3.05, 3.63) is 59.2 Å². The molecule has 0 aromatic heterocycles. The molecule has 0 spiro atoms. The number of hydrogen-bond acceptors (Lipinski definition) is 5. The van der Waals surface area contributed by atoms with Gasteiger partial charge in [0.1, 0.15) is 18.5 Å². The lowest BCUT2D eigenvalue weighted by Gasteiger charge is -2.27. The summed E-state index contributed by atoms with van der Waals surface area (Å²) < 4.78 is 28.9. The van der Waals surface area contributed by atoms with Gasteiger partial charge in [0.15, 0.2) is 9.84 Å². The minimum absolute atomic E-state index is 0.0366. The second kappa shape index (κ2) is 8.87. The van der Waals surface area contributed by atoms with Crippen molar-refractivity contribution in [1.29, 1.82) is 0 Å². The number of rotatable bonds is 8. The first-order chi connectivity index (χ1) is 12.6. The van der Waals surface area contributed by atoms with Crippen molar-refractivity contribution < 1.29 is 18.3 Å². The van der Waals surface area contributed by atoms with Gasteiger partial charge in [0.25, 0.3) is 0 Å². The summed E-state index contributed by atoms with van der Waals surface area (Å²) in [4.78, 5) is 2.33. The lowest BCUT2D eigenvalue weighted by Crippen LogP contribution is -2.34. The molecule has 0 aliphatic heterocycles. The van der Waals surface area contributed by atoms with Crippen molar-refractivity contribution >= 4 is 9.84 Å². The Labute approximate surface area is 162 Å². The molecule has 1 N–H and O–H groups in total. The molecule has 2 aromatic carbocycles. The highest BCUT2D eigenvalue weighted by Gasteiger charge is 2.17. The Kier molecular flexibility index (Phi) is 7.03. The number of hydrogen-bond donors (Lipinski definition) is 1. The van der Waals surface area contributed by atoms with Gasteiger partial charge in [0.05, 0.1) is 4.90 Å². The van der Waals surface area contributed by atoms with Crippen LogP contribution in [0.5, 0.6) is 5.75 Å². The fraction of sp³-hybridized carbons (Fsp3) is 0.429. The zero-order valence-electron chi connectivity index (χ0n) is 16.6. The van der Waals surface area contributed by atoms with E-state index in [1.807, 2.05) is 57.0 Å². The fourth-order valence-electron chi connectivity index (χ4n) is 3.00. The van der Waals surface area contributed by atoms with Gasteiger partial charge in [-0.2, -0.15) is 0 Å². The molecular weight excluding hydrogens is 362 g/mol. The first-order valence-corrected chi connectivity index (χ1v) is 10.8. The molecule has 27 heavy (non-hydrogen) atoms. The average Bonchev–Trinajstić information content (AvgIpc) is 2.58. The van der Waals surface area contributed by atoms with E-state index < -0.39 is 15.9 Å². The largest absolute Gasteiger partial charge is 0.491 e. The molecule has 5 nitrogen and oxygen atoms in total. The van der Waals surface area contributed by atoms with Crippen LogP contribution in [0, 0.1) is 13.8 Å². The Morgan fingerprint density at radius 1 is 1.07 bits per heavy atom. The van der Waals surface area contributed by atoms with Gasteiger partial charge in [-0.25, -0.2) is 8.42 Å². The van der Waals surface area contributed by atoms with E-state index in [1.54, 1.807) is 12.1 Å². The summed E-state index contributed by atoms with van der Waals surface area (Å²) in [6, 6.07) is 12.9. The van der Waals surface area contributed by atoms with Gasteiger partial charge in [-0.3, -0.25) is 4.90 Å². The number of benzene rings is 2. The average molecular weight is 392 g/mol. The predicted octanol–water partition coefficient (Wildman–Crippen LogP) is 3.14. The summed E-state index contributed by atoms with van der Waals surface area (Å²) >= 11 is 0. The molecule has 0 radical (unpaired) electrons. The Balaban J connectivity index is 1.92. The maximum absolute atomic E-state index is 11.6. The Hall–Kier alpha value is -1.89. The Bertz CT molecular complexity index is 842. The SMILES string of the molecule is Cc1cc(C)cc(OCC(O)CN(C)C(C)c2ccc(S(C)(=O)=O)cc2)c1. The van der Waals surface area contributed by atoms with Crippen LogP contribution < -0.4 is 4.74 Å². The summed E-state index contributed by atoms with van der Waals surface area (Å²) in [5.41, 5.74) is 3.25. The monoisotopic (exact) mass is 391 g/mol. The molecule has 2 atom stereocenters. The van der Waals surface area contributed by atoms with E-state index >= 15 is 0 Å². The molecule has 148 valence electrons. The molecule has 0 amide bonds. The third kappa shape index (κ3) is 6.34. The van der Waals surface area contributed by atoms with Gasteiger partial charge in [-0.05, 0) is 68.8 Å². The van der Waals surface area contributed by atoms with Crippen LogP contribution in [-0.2, 0) is 9.84 Å². The van der Waals surface area contributed by atoms with Crippen molar-refractivity contribution in [1.82, 2.24) is 4.90 Å². The summed E-state index contributed by atoms with van der Waals surface area (Å²) in [5, 5.41) is 10.3. The zero-order valence-corrected chi connectivity index (χ0v) is 17.5. The quantitative estimate of drug-likeness (QED) is 0.749. The molecule has 0 fully saturated rings. The summed E-state index contributed by atoms with van der Waals surface area (Å²) in [6.45, 7) is 6.71. The maximum Gasteiger partial charge on any atom is 0.175 e. The number of aliphatic hydroxyl groups is 1. The first-order valence-electron chi connectivity index (χ1n) is 8.95. The molecular formula is C21H29NO4S. The highest BCUT2D eigenvalue weighted by Crippen LogP contribution is 2.21. The topological polar surface area (TPSA) is 66.8 Å². The standard InChI is InChI=1S/C21H29NO4S/c1-15-10-16(2)12-20(11-15)26-14-19(23)13-22(4)17(3)18-6-8-21(9-7-18)27(5,24)25/h6-12,17,19,23H,13-14H2,1-5H3.